The van der Waals surface area contributed by atoms with E-state index in [-0.39, 0.29) is 11.8 Å². The molecule has 0 unspecified atom stereocenters. The molecule has 1 amide bonds. The minimum absolute atomic E-state index is 0.00881. The second-order valence-corrected chi connectivity index (χ2v) is 8.79. The van der Waals surface area contributed by atoms with E-state index in [4.69, 9.17) is 10.1 Å². The Balaban J connectivity index is 1.36. The van der Waals surface area contributed by atoms with Crippen molar-refractivity contribution in [1.82, 2.24) is 19.9 Å². The van der Waals surface area contributed by atoms with E-state index in [1.165, 1.54) is 29.0 Å². The predicted octanol–water partition coefficient (Wildman–Crippen LogP) is 3.20. The molecule has 1 fully saturated rings. The minimum Gasteiger partial charge on any atom is -0.354 e. The first kappa shape index (κ1) is 17.7. The second-order valence-electron chi connectivity index (χ2n) is 7.76. The monoisotopic (exact) mass is 395 g/mol. The van der Waals surface area contributed by atoms with Crippen LogP contribution < -0.4 is 10.2 Å². The molecular weight excluding hydrogens is 370 g/mol. The number of nitrogens with zero attached hydrogens (tertiary/aromatic N) is 4. The van der Waals surface area contributed by atoms with Crippen molar-refractivity contribution in [3.8, 4) is 0 Å². The standard InChI is InChI=1S/C21H25N5OS/c27-21(23-13-16-6-4-12-28-16)15-5-3-10-25(14-15)20-19-17-7-1-2-8-18(17)24-26(19)11-9-22-20/h4,6,9,11-12,15H,1-3,5,7-8,10,13-14H2,(H,23,27)/t15-/m1/s1. The quantitative estimate of drug-likeness (QED) is 0.737. The van der Waals surface area contributed by atoms with Gasteiger partial charge in [0.05, 0.1) is 18.2 Å². The van der Waals surface area contributed by atoms with Gasteiger partial charge in [-0.15, -0.1) is 11.3 Å². The lowest BCUT2D eigenvalue weighted by atomic mass is 9.95. The zero-order valence-corrected chi connectivity index (χ0v) is 16.7. The molecule has 4 heterocycles. The Hall–Kier alpha value is -2.41. The molecule has 0 bridgehead atoms. The summed E-state index contributed by atoms with van der Waals surface area (Å²) in [7, 11) is 0. The number of carbonyl (C=O) groups is 1. The molecule has 3 aromatic rings. The SMILES string of the molecule is O=C(NCc1cccs1)[C@@H]1CCCN(c2nccn3nc4c(c23)CCCC4)C1. The molecule has 5 rings (SSSR count). The predicted molar refractivity (Wildman–Crippen MR) is 111 cm³/mol. The fraction of sp³-hybridized carbons (Fsp3) is 0.476. The van der Waals surface area contributed by atoms with Crippen LogP contribution in [-0.4, -0.2) is 33.6 Å². The highest BCUT2D eigenvalue weighted by atomic mass is 32.1. The van der Waals surface area contributed by atoms with Crippen molar-refractivity contribution in [3.05, 3.63) is 46.0 Å². The summed E-state index contributed by atoms with van der Waals surface area (Å²) in [6.07, 6.45) is 10.3. The van der Waals surface area contributed by atoms with E-state index >= 15 is 0 Å². The van der Waals surface area contributed by atoms with Crippen molar-refractivity contribution >= 4 is 28.6 Å². The van der Waals surface area contributed by atoms with Crippen LogP contribution in [0.2, 0.25) is 0 Å². The van der Waals surface area contributed by atoms with Gasteiger partial charge < -0.3 is 10.2 Å². The molecule has 6 nitrogen and oxygen atoms in total. The van der Waals surface area contributed by atoms with Crippen LogP contribution in [0.15, 0.2) is 29.9 Å². The number of piperidine rings is 1. The summed E-state index contributed by atoms with van der Waals surface area (Å²) in [5.41, 5.74) is 3.73. The number of nitrogens with one attached hydrogen (secondary N) is 1. The van der Waals surface area contributed by atoms with Crippen LogP contribution in [0.25, 0.3) is 5.52 Å². The molecule has 0 saturated carbocycles. The number of carbonyl (C=O) groups excluding carboxylic acids is 1. The summed E-state index contributed by atoms with van der Waals surface area (Å²) in [6, 6.07) is 4.08. The van der Waals surface area contributed by atoms with Gasteiger partial charge in [0.2, 0.25) is 5.91 Å². The van der Waals surface area contributed by atoms with E-state index in [0.29, 0.717) is 6.54 Å². The van der Waals surface area contributed by atoms with E-state index in [1.807, 2.05) is 28.4 Å². The molecule has 2 aliphatic rings. The average Bonchev–Trinajstić information content (AvgIpc) is 3.39. The fourth-order valence-electron chi connectivity index (χ4n) is 4.49. The molecule has 28 heavy (non-hydrogen) atoms. The molecular formula is C21H25N5OS. The van der Waals surface area contributed by atoms with Crippen molar-refractivity contribution in [1.29, 1.82) is 0 Å². The van der Waals surface area contributed by atoms with Gasteiger partial charge in [0.1, 0.15) is 5.52 Å². The number of aromatic nitrogens is 3. The smallest absolute Gasteiger partial charge is 0.225 e. The number of rotatable bonds is 4. The van der Waals surface area contributed by atoms with E-state index in [2.05, 4.69) is 16.3 Å². The molecule has 7 heteroatoms. The van der Waals surface area contributed by atoms with Crippen LogP contribution in [0.5, 0.6) is 0 Å². The van der Waals surface area contributed by atoms with Gasteiger partial charge in [0.25, 0.3) is 0 Å². The van der Waals surface area contributed by atoms with Crippen LogP contribution in [0, 0.1) is 5.92 Å². The van der Waals surface area contributed by atoms with E-state index < -0.39 is 0 Å². The molecule has 0 spiro atoms. The molecule has 1 aliphatic carbocycles. The number of thiophene rings is 1. The first-order valence-corrected chi connectivity index (χ1v) is 11.1. The number of hydrogen-bond acceptors (Lipinski definition) is 5. The molecule has 3 aromatic heterocycles. The highest BCUT2D eigenvalue weighted by molar-refractivity contribution is 7.09. The van der Waals surface area contributed by atoms with Gasteiger partial charge in [-0.05, 0) is 50.0 Å². The Labute approximate surface area is 168 Å². The second kappa shape index (κ2) is 7.54. The van der Waals surface area contributed by atoms with Gasteiger partial charge >= 0.3 is 0 Å². The summed E-state index contributed by atoms with van der Waals surface area (Å²) < 4.78 is 2.00. The Kier molecular flexibility index (Phi) is 4.76. The zero-order valence-electron chi connectivity index (χ0n) is 15.9. The summed E-state index contributed by atoms with van der Waals surface area (Å²) in [6.45, 7) is 2.29. The van der Waals surface area contributed by atoms with E-state index in [0.717, 1.165) is 50.1 Å². The fourth-order valence-corrected chi connectivity index (χ4v) is 5.14. The molecule has 1 N–H and O–H groups in total. The van der Waals surface area contributed by atoms with Crippen LogP contribution in [0.4, 0.5) is 5.82 Å². The lowest BCUT2D eigenvalue weighted by molar-refractivity contribution is -0.125. The number of amides is 1. The maximum atomic E-state index is 12.7. The number of fused-ring (bicyclic) bond motifs is 3. The van der Waals surface area contributed by atoms with Crippen LogP contribution >= 0.6 is 11.3 Å². The van der Waals surface area contributed by atoms with E-state index in [1.54, 1.807) is 11.3 Å². The molecule has 0 aromatic carbocycles. The Morgan fingerprint density at radius 3 is 3.11 bits per heavy atom. The maximum absolute atomic E-state index is 12.7. The van der Waals surface area contributed by atoms with Crippen LogP contribution in [0.1, 0.15) is 41.8 Å². The Bertz CT molecular complexity index is 980. The minimum atomic E-state index is 0.00881. The highest BCUT2D eigenvalue weighted by Gasteiger charge is 2.29. The summed E-state index contributed by atoms with van der Waals surface area (Å²) in [5, 5.41) is 9.95. The lowest BCUT2D eigenvalue weighted by Crippen LogP contribution is -2.43. The average molecular weight is 396 g/mol. The Morgan fingerprint density at radius 2 is 2.21 bits per heavy atom. The van der Waals surface area contributed by atoms with Crippen molar-refractivity contribution in [3.63, 3.8) is 0 Å². The molecule has 1 atom stereocenters. The highest BCUT2D eigenvalue weighted by Crippen LogP contribution is 2.32. The molecule has 0 radical (unpaired) electrons. The molecule has 1 saturated heterocycles. The van der Waals surface area contributed by atoms with Gasteiger partial charge in [0.15, 0.2) is 5.82 Å². The largest absolute Gasteiger partial charge is 0.354 e. The van der Waals surface area contributed by atoms with Gasteiger partial charge in [0, 0.05) is 35.9 Å². The number of hydrogen-bond donors (Lipinski definition) is 1. The van der Waals surface area contributed by atoms with Gasteiger partial charge in [-0.25, -0.2) is 9.50 Å². The zero-order chi connectivity index (χ0) is 18.9. The van der Waals surface area contributed by atoms with Crippen LogP contribution in [-0.2, 0) is 24.2 Å². The summed E-state index contributed by atoms with van der Waals surface area (Å²) >= 11 is 1.68. The third-order valence-electron chi connectivity index (χ3n) is 5.91. The normalized spacial score (nSPS) is 19.6. The van der Waals surface area contributed by atoms with Crippen molar-refractivity contribution in [2.75, 3.05) is 18.0 Å². The Morgan fingerprint density at radius 1 is 1.29 bits per heavy atom. The number of aryl methyl sites for hydroxylation is 2. The van der Waals surface area contributed by atoms with Gasteiger partial charge in [-0.3, -0.25) is 4.79 Å². The molecule has 1 aliphatic heterocycles. The van der Waals surface area contributed by atoms with Crippen molar-refractivity contribution in [2.45, 2.75) is 45.1 Å². The van der Waals surface area contributed by atoms with Gasteiger partial charge in [-0.2, -0.15) is 5.10 Å². The van der Waals surface area contributed by atoms with Gasteiger partial charge in [-0.1, -0.05) is 6.07 Å². The first-order valence-electron chi connectivity index (χ1n) is 10.2. The maximum Gasteiger partial charge on any atom is 0.225 e. The van der Waals surface area contributed by atoms with Crippen molar-refractivity contribution < 1.29 is 4.79 Å². The third kappa shape index (κ3) is 3.28. The lowest BCUT2D eigenvalue weighted by Gasteiger charge is -2.33. The topological polar surface area (TPSA) is 62.5 Å². The third-order valence-corrected chi connectivity index (χ3v) is 6.78. The van der Waals surface area contributed by atoms with Crippen molar-refractivity contribution in [2.24, 2.45) is 5.92 Å². The van der Waals surface area contributed by atoms with E-state index in [9.17, 15) is 4.79 Å². The summed E-state index contributed by atoms with van der Waals surface area (Å²) in [4.78, 5) is 21.0. The first-order chi connectivity index (χ1) is 13.8. The summed E-state index contributed by atoms with van der Waals surface area (Å²) in [5.74, 6) is 1.16. The number of anilines is 1. The van der Waals surface area contributed by atoms with Crippen LogP contribution in [0.3, 0.4) is 0 Å². The molecule has 146 valence electrons.